The van der Waals surface area contributed by atoms with Gasteiger partial charge in [0.05, 0.1) is 52.9 Å². The van der Waals surface area contributed by atoms with Crippen molar-refractivity contribution in [3.63, 3.8) is 0 Å². The Morgan fingerprint density at radius 2 is 0.667 bits per heavy atom. The van der Waals surface area contributed by atoms with Gasteiger partial charge in [0, 0.05) is 7.11 Å². The van der Waals surface area contributed by atoms with E-state index in [4.69, 9.17) is 47.4 Å². The van der Waals surface area contributed by atoms with Crippen molar-refractivity contribution in [3.8, 4) is 0 Å². The van der Waals surface area contributed by atoms with Crippen LogP contribution in [0.1, 0.15) is 33.4 Å². The predicted octanol–water partition coefficient (Wildman–Crippen LogP) is 8.60. The Kier molecular flexibility index (Phi) is 18.0. The van der Waals surface area contributed by atoms with Gasteiger partial charge in [-0.3, -0.25) is 0 Å². The second kappa shape index (κ2) is 25.1. The normalized spacial score (nSPS) is 25.4. The maximum Gasteiger partial charge on any atom is 0.186 e. The molecule has 6 aromatic carbocycles. The zero-order chi connectivity index (χ0) is 45.2. The van der Waals surface area contributed by atoms with Crippen LogP contribution in [0.4, 0.5) is 0 Å². The van der Waals surface area contributed by atoms with E-state index in [-0.39, 0.29) is 39.6 Å². The van der Waals surface area contributed by atoms with Crippen LogP contribution in [0.3, 0.4) is 0 Å². The number of benzene rings is 6. The molecule has 1 N–H and O–H groups in total. The summed E-state index contributed by atoms with van der Waals surface area (Å²) in [5.41, 5.74) is 5.87. The fourth-order valence-corrected chi connectivity index (χ4v) is 8.22. The van der Waals surface area contributed by atoms with Crippen molar-refractivity contribution in [3.05, 3.63) is 215 Å². The minimum absolute atomic E-state index is 0.0732. The Bertz CT molecular complexity index is 2220. The number of ether oxygens (including phenoxy) is 10. The lowest BCUT2D eigenvalue weighted by Gasteiger charge is -2.47. The third kappa shape index (κ3) is 13.5. The molecule has 2 heterocycles. The Morgan fingerprint density at radius 1 is 0.348 bits per heavy atom. The van der Waals surface area contributed by atoms with E-state index in [1.54, 1.807) is 7.11 Å². The molecule has 6 aromatic rings. The first-order chi connectivity index (χ1) is 32.6. The number of hydrogen-bond acceptors (Lipinski definition) is 11. The summed E-state index contributed by atoms with van der Waals surface area (Å²) < 4.78 is 65.9. The van der Waals surface area contributed by atoms with Crippen molar-refractivity contribution < 1.29 is 52.5 Å². The van der Waals surface area contributed by atoms with E-state index in [0.29, 0.717) is 13.2 Å². The van der Waals surface area contributed by atoms with E-state index >= 15 is 0 Å². The average Bonchev–Trinajstić information content (AvgIpc) is 3.37. The van der Waals surface area contributed by atoms with Crippen molar-refractivity contribution in [2.75, 3.05) is 20.3 Å². The summed E-state index contributed by atoms with van der Waals surface area (Å²) in [6.07, 6.45) is -8.50. The highest BCUT2D eigenvalue weighted by Gasteiger charge is 2.51. The highest BCUT2D eigenvalue weighted by molar-refractivity contribution is 5.18. The second-order valence-electron chi connectivity index (χ2n) is 16.5. The van der Waals surface area contributed by atoms with Crippen LogP contribution in [0.25, 0.3) is 0 Å². The highest BCUT2D eigenvalue weighted by Crippen LogP contribution is 2.34. The summed E-state index contributed by atoms with van der Waals surface area (Å²) in [5, 5.41) is 12.3. The number of hydrogen-bond donors (Lipinski definition) is 1. The van der Waals surface area contributed by atoms with Gasteiger partial charge in [0.1, 0.15) is 48.8 Å². The monoisotopic (exact) mass is 896 g/mol. The number of aliphatic hydroxyl groups excluding tert-OH is 1. The van der Waals surface area contributed by atoms with Crippen LogP contribution in [-0.4, -0.2) is 86.8 Å². The summed E-state index contributed by atoms with van der Waals surface area (Å²) in [5.74, 6) is 0. The number of aliphatic hydroxyl groups is 1. The molecule has 2 aliphatic rings. The van der Waals surface area contributed by atoms with Crippen LogP contribution in [-0.2, 0) is 87.0 Å². The fraction of sp³-hybridized carbons (Fsp3) is 0.345. The van der Waals surface area contributed by atoms with E-state index in [1.807, 2.05) is 182 Å². The molecule has 0 bridgehead atoms. The minimum Gasteiger partial charge on any atom is -0.385 e. The van der Waals surface area contributed by atoms with E-state index < -0.39 is 61.4 Å². The van der Waals surface area contributed by atoms with Crippen LogP contribution in [0.5, 0.6) is 0 Å². The molecule has 0 spiro atoms. The molecule has 10 atom stereocenters. The molecular weight excluding hydrogens is 837 g/mol. The average molecular weight is 897 g/mol. The van der Waals surface area contributed by atoms with Crippen LogP contribution >= 0.6 is 0 Å². The first-order valence-corrected chi connectivity index (χ1v) is 22.6. The quantitative estimate of drug-likeness (QED) is 0.0668. The molecule has 0 amide bonds. The first kappa shape index (κ1) is 47.4. The van der Waals surface area contributed by atoms with Crippen molar-refractivity contribution in [1.29, 1.82) is 0 Å². The summed E-state index contributed by atoms with van der Waals surface area (Å²) in [6.45, 7) is 1.74. The van der Waals surface area contributed by atoms with Crippen molar-refractivity contribution in [2.45, 2.75) is 101 Å². The fourth-order valence-electron chi connectivity index (χ4n) is 8.22. The summed E-state index contributed by atoms with van der Waals surface area (Å²) in [4.78, 5) is 0. The lowest BCUT2D eigenvalue weighted by Crippen LogP contribution is -2.63. The van der Waals surface area contributed by atoms with Crippen molar-refractivity contribution in [2.24, 2.45) is 0 Å². The van der Waals surface area contributed by atoms with E-state index in [2.05, 4.69) is 0 Å². The van der Waals surface area contributed by atoms with Crippen molar-refractivity contribution in [1.82, 2.24) is 0 Å². The van der Waals surface area contributed by atoms with E-state index in [9.17, 15) is 5.11 Å². The van der Waals surface area contributed by atoms with Gasteiger partial charge in [0.15, 0.2) is 12.6 Å². The number of rotatable bonds is 23. The molecule has 2 saturated heterocycles. The summed E-state index contributed by atoms with van der Waals surface area (Å²) in [7, 11) is 1.58. The van der Waals surface area contributed by atoms with Crippen LogP contribution in [0.15, 0.2) is 182 Å². The molecule has 66 heavy (non-hydrogen) atoms. The molecule has 11 heteroatoms. The van der Waals surface area contributed by atoms with Gasteiger partial charge in [-0.2, -0.15) is 0 Å². The molecule has 0 saturated carbocycles. The van der Waals surface area contributed by atoms with Crippen LogP contribution < -0.4 is 0 Å². The zero-order valence-corrected chi connectivity index (χ0v) is 37.3. The summed E-state index contributed by atoms with van der Waals surface area (Å²) in [6, 6.07) is 59.5. The third-order valence-corrected chi connectivity index (χ3v) is 11.7. The Morgan fingerprint density at radius 3 is 1.08 bits per heavy atom. The van der Waals surface area contributed by atoms with Gasteiger partial charge in [0.2, 0.25) is 0 Å². The maximum absolute atomic E-state index is 12.3. The Hall–Kier alpha value is -5.12. The van der Waals surface area contributed by atoms with Gasteiger partial charge in [-0.1, -0.05) is 182 Å². The molecule has 0 aromatic heterocycles. The van der Waals surface area contributed by atoms with Crippen LogP contribution in [0.2, 0.25) is 0 Å². The SMILES string of the molecule is CO[C@H]1O[C@H](CO[C@@H]2O[C@H](COCc3ccccc3)[C@@H](OCc3ccccc3)[C@H](OCc3ccccc3)[C@@H]2O)[C@@H](OCc2ccccc2)[C@H](OCc2ccccc2)[C@H]1OCc1ccccc1. The lowest BCUT2D eigenvalue weighted by atomic mass is 9.97. The lowest BCUT2D eigenvalue weighted by molar-refractivity contribution is -0.346. The molecule has 8 rings (SSSR count). The van der Waals surface area contributed by atoms with Gasteiger partial charge >= 0.3 is 0 Å². The molecule has 346 valence electrons. The predicted molar refractivity (Wildman–Crippen MR) is 247 cm³/mol. The zero-order valence-electron chi connectivity index (χ0n) is 37.3. The molecule has 2 fully saturated rings. The van der Waals surface area contributed by atoms with Gasteiger partial charge in [-0.15, -0.1) is 0 Å². The van der Waals surface area contributed by atoms with Crippen LogP contribution in [0, 0.1) is 0 Å². The van der Waals surface area contributed by atoms with Gasteiger partial charge in [-0.05, 0) is 33.4 Å². The van der Waals surface area contributed by atoms with Gasteiger partial charge in [0.25, 0.3) is 0 Å². The molecule has 11 nitrogen and oxygen atoms in total. The Labute approximate surface area is 388 Å². The van der Waals surface area contributed by atoms with Gasteiger partial charge < -0.3 is 52.5 Å². The molecule has 0 aliphatic carbocycles. The van der Waals surface area contributed by atoms with E-state index in [1.165, 1.54) is 0 Å². The standard InChI is InChI=1S/C55H60O11/c1-57-55-53(63-37-45-30-18-7-19-31-45)52(62-36-44-28-16-6-17-29-44)50(60-34-42-24-12-4-13-25-42)47(66-55)39-64-54-48(56)51(61-35-43-26-14-5-15-27-43)49(59-33-41-22-10-3-11-23-41)46(65-54)38-58-32-40-20-8-2-9-21-40/h2-31,46-56H,32-39H2,1H3/t46-,47-,48+,49-,50-,51-,52+,53-,54-,55+/m1/s1. The van der Waals surface area contributed by atoms with Gasteiger partial charge in [-0.25, -0.2) is 0 Å². The van der Waals surface area contributed by atoms with Crippen molar-refractivity contribution >= 4 is 0 Å². The summed E-state index contributed by atoms with van der Waals surface area (Å²) >= 11 is 0. The molecular formula is C55H60O11. The largest absolute Gasteiger partial charge is 0.385 e. The molecule has 0 unspecified atom stereocenters. The topological polar surface area (TPSA) is 113 Å². The molecule has 2 aliphatic heterocycles. The maximum atomic E-state index is 12.3. The number of methoxy groups -OCH3 is 1. The third-order valence-electron chi connectivity index (χ3n) is 11.7. The molecule has 0 radical (unpaired) electrons. The second-order valence-corrected chi connectivity index (χ2v) is 16.5. The highest BCUT2D eigenvalue weighted by atomic mass is 16.7. The Balaban J connectivity index is 1.07. The minimum atomic E-state index is -1.28. The first-order valence-electron chi connectivity index (χ1n) is 22.6. The van der Waals surface area contributed by atoms with E-state index in [0.717, 1.165) is 33.4 Å². The smallest absolute Gasteiger partial charge is 0.186 e.